The molecular formula is C17H20INO2S. The van der Waals surface area contributed by atoms with Gasteiger partial charge in [0, 0.05) is 8.82 Å². The highest BCUT2D eigenvalue weighted by Gasteiger charge is 2.42. The van der Waals surface area contributed by atoms with E-state index >= 15 is 0 Å². The number of fused-ring (bicyclic) bond motifs is 2. The smallest absolute Gasteiger partial charge is 0.0711 e. The van der Waals surface area contributed by atoms with Crippen LogP contribution in [0.1, 0.15) is 25.3 Å². The molecule has 0 radical (unpaired) electrons. The zero-order valence-electron chi connectivity index (χ0n) is 12.7. The third kappa shape index (κ3) is 3.09. The normalized spacial score (nSPS) is 28.2. The van der Waals surface area contributed by atoms with Crippen molar-refractivity contribution in [2.75, 3.05) is 7.11 Å². The zero-order chi connectivity index (χ0) is 15.7. The Labute approximate surface area is 149 Å². The number of nitrogens with one attached hydrogen (secondary N) is 1. The summed E-state index contributed by atoms with van der Waals surface area (Å²) in [5.41, 5.74) is 7.73. The summed E-state index contributed by atoms with van der Waals surface area (Å²) >= 11 is 4.22. The van der Waals surface area contributed by atoms with Crippen LogP contribution in [-0.2, 0) is 4.84 Å². The Bertz CT molecular complexity index is 612. The first-order chi connectivity index (χ1) is 10.6. The monoisotopic (exact) mass is 429 g/mol. The van der Waals surface area contributed by atoms with Crippen LogP contribution in [0.5, 0.6) is 0 Å². The lowest BCUT2D eigenvalue weighted by atomic mass is 9.93. The molecule has 0 saturated carbocycles. The Morgan fingerprint density at radius 2 is 2.14 bits per heavy atom. The van der Waals surface area contributed by atoms with E-state index in [2.05, 4.69) is 52.3 Å². The molecule has 0 amide bonds. The van der Waals surface area contributed by atoms with Gasteiger partial charge in [-0.05, 0) is 71.2 Å². The van der Waals surface area contributed by atoms with Gasteiger partial charge in [-0.1, -0.05) is 18.2 Å². The van der Waals surface area contributed by atoms with Gasteiger partial charge in [-0.15, -0.1) is 11.8 Å². The van der Waals surface area contributed by atoms with Crippen molar-refractivity contribution in [1.29, 1.82) is 0 Å². The molecule has 2 heterocycles. The fourth-order valence-electron chi connectivity index (χ4n) is 3.27. The Kier molecular flexibility index (Phi) is 5.17. The van der Waals surface area contributed by atoms with E-state index in [-0.39, 0.29) is 11.4 Å². The van der Waals surface area contributed by atoms with Crippen LogP contribution in [0.2, 0.25) is 0 Å². The molecule has 1 aromatic carbocycles. The molecule has 0 aromatic heterocycles. The SMILES string of the molecule is CC=C(NOC)C1=C(c2ccc(I)cc2)CC2CC(O)[C@H]1S2. The van der Waals surface area contributed by atoms with E-state index in [1.807, 2.05) is 24.8 Å². The number of hydrogen-bond donors (Lipinski definition) is 2. The van der Waals surface area contributed by atoms with E-state index in [1.54, 1.807) is 7.11 Å². The molecule has 2 aliphatic heterocycles. The molecule has 2 unspecified atom stereocenters. The second-order valence-corrected chi connectivity index (χ2v) is 8.29. The fraction of sp³-hybridized carbons (Fsp3) is 0.412. The minimum Gasteiger partial charge on any atom is -0.392 e. The molecule has 0 aliphatic carbocycles. The molecule has 1 saturated heterocycles. The van der Waals surface area contributed by atoms with E-state index in [9.17, 15) is 5.11 Å². The van der Waals surface area contributed by atoms with E-state index in [4.69, 9.17) is 4.84 Å². The average molecular weight is 429 g/mol. The summed E-state index contributed by atoms with van der Waals surface area (Å²) in [6.07, 6.45) is 3.62. The van der Waals surface area contributed by atoms with Crippen LogP contribution in [0.25, 0.3) is 5.57 Å². The molecule has 0 spiro atoms. The molecule has 3 rings (SSSR count). The molecule has 1 aromatic rings. The highest BCUT2D eigenvalue weighted by molar-refractivity contribution is 14.1. The summed E-state index contributed by atoms with van der Waals surface area (Å²) in [5, 5.41) is 11.1. The third-order valence-electron chi connectivity index (χ3n) is 4.22. The van der Waals surface area contributed by atoms with Crippen molar-refractivity contribution in [3.8, 4) is 0 Å². The standard InChI is InChI=1S/C17H20INO2S/c1-3-14(19-21-2)16-13(10-4-6-11(18)7-5-10)8-12-9-15(20)17(16)22-12/h3-7,12,15,17,19-20H,8-9H2,1-2H3/t12?,15?,17-/m1/s1. The largest absolute Gasteiger partial charge is 0.392 e. The molecule has 3 nitrogen and oxygen atoms in total. The van der Waals surface area contributed by atoms with Gasteiger partial charge in [0.05, 0.1) is 24.2 Å². The molecule has 5 heteroatoms. The van der Waals surface area contributed by atoms with Crippen LogP contribution >= 0.6 is 34.4 Å². The number of allylic oxidation sites excluding steroid dienone is 3. The maximum absolute atomic E-state index is 10.4. The molecule has 1 fully saturated rings. The zero-order valence-corrected chi connectivity index (χ0v) is 15.6. The van der Waals surface area contributed by atoms with Gasteiger partial charge in [0.25, 0.3) is 0 Å². The van der Waals surface area contributed by atoms with Crippen LogP contribution in [0.4, 0.5) is 0 Å². The lowest BCUT2D eigenvalue weighted by Gasteiger charge is -2.29. The van der Waals surface area contributed by atoms with Gasteiger partial charge >= 0.3 is 0 Å². The minimum atomic E-state index is -0.278. The fourth-order valence-corrected chi connectivity index (χ4v) is 5.31. The summed E-state index contributed by atoms with van der Waals surface area (Å²) in [6.45, 7) is 2.00. The van der Waals surface area contributed by atoms with Crippen molar-refractivity contribution >= 4 is 39.9 Å². The van der Waals surface area contributed by atoms with E-state index in [0.29, 0.717) is 5.25 Å². The number of aliphatic hydroxyl groups excluding tert-OH is 1. The summed E-state index contributed by atoms with van der Waals surface area (Å²) in [5.74, 6) is 0. The lowest BCUT2D eigenvalue weighted by Crippen LogP contribution is -2.27. The lowest BCUT2D eigenvalue weighted by molar-refractivity contribution is 0.118. The Balaban J connectivity index is 2.10. The number of rotatable bonds is 4. The third-order valence-corrected chi connectivity index (χ3v) is 6.52. The van der Waals surface area contributed by atoms with Gasteiger partial charge in [0.1, 0.15) is 0 Å². The molecular weight excluding hydrogens is 409 g/mol. The van der Waals surface area contributed by atoms with E-state index in [0.717, 1.165) is 18.5 Å². The van der Waals surface area contributed by atoms with E-state index in [1.165, 1.54) is 20.3 Å². The average Bonchev–Trinajstić information content (AvgIpc) is 2.81. The first kappa shape index (κ1) is 16.4. The second kappa shape index (κ2) is 6.95. The summed E-state index contributed by atoms with van der Waals surface area (Å²) in [6, 6.07) is 8.64. The summed E-state index contributed by atoms with van der Waals surface area (Å²) in [7, 11) is 1.62. The van der Waals surface area contributed by atoms with Crippen LogP contribution in [-0.4, -0.2) is 28.8 Å². The number of benzene rings is 1. The molecule has 2 bridgehead atoms. The van der Waals surface area contributed by atoms with Gasteiger partial charge in [0.2, 0.25) is 0 Å². The van der Waals surface area contributed by atoms with Crippen molar-refractivity contribution < 1.29 is 9.94 Å². The number of hydrogen-bond acceptors (Lipinski definition) is 4. The van der Waals surface area contributed by atoms with Gasteiger partial charge in [-0.25, -0.2) is 0 Å². The van der Waals surface area contributed by atoms with Crippen molar-refractivity contribution in [2.45, 2.75) is 36.4 Å². The molecule has 2 aliphatic rings. The number of thioether (sulfide) groups is 1. The number of aliphatic hydroxyl groups is 1. The first-order valence-corrected chi connectivity index (χ1v) is 9.44. The van der Waals surface area contributed by atoms with Crippen LogP contribution in [0, 0.1) is 3.57 Å². The molecule has 118 valence electrons. The predicted octanol–water partition coefficient (Wildman–Crippen LogP) is 3.74. The van der Waals surface area contributed by atoms with Gasteiger partial charge in [-0.2, -0.15) is 0 Å². The van der Waals surface area contributed by atoms with Crippen LogP contribution < -0.4 is 5.48 Å². The van der Waals surface area contributed by atoms with Crippen LogP contribution in [0.3, 0.4) is 0 Å². The topological polar surface area (TPSA) is 41.5 Å². The summed E-state index contributed by atoms with van der Waals surface area (Å²) in [4.78, 5) is 5.15. The molecule has 2 N–H and O–H groups in total. The predicted molar refractivity (Wildman–Crippen MR) is 100 cm³/mol. The quantitative estimate of drug-likeness (QED) is 0.566. The number of halogens is 1. The van der Waals surface area contributed by atoms with E-state index < -0.39 is 0 Å². The maximum atomic E-state index is 10.4. The van der Waals surface area contributed by atoms with Crippen molar-refractivity contribution in [3.05, 3.63) is 50.7 Å². The van der Waals surface area contributed by atoms with Crippen molar-refractivity contribution in [3.63, 3.8) is 0 Å². The van der Waals surface area contributed by atoms with Crippen molar-refractivity contribution in [1.82, 2.24) is 5.48 Å². The summed E-state index contributed by atoms with van der Waals surface area (Å²) < 4.78 is 1.23. The van der Waals surface area contributed by atoms with Crippen LogP contribution in [0.15, 0.2) is 41.6 Å². The van der Waals surface area contributed by atoms with Gasteiger partial charge < -0.3 is 5.11 Å². The molecule has 3 atom stereocenters. The molecule has 22 heavy (non-hydrogen) atoms. The highest BCUT2D eigenvalue weighted by atomic mass is 127. The first-order valence-electron chi connectivity index (χ1n) is 7.42. The highest BCUT2D eigenvalue weighted by Crippen LogP contribution is 2.50. The number of hydroxylamine groups is 1. The maximum Gasteiger partial charge on any atom is 0.0711 e. The Hall–Kier alpha value is -0.500. The van der Waals surface area contributed by atoms with Crippen molar-refractivity contribution in [2.24, 2.45) is 0 Å². The Morgan fingerprint density at radius 3 is 2.77 bits per heavy atom. The van der Waals surface area contributed by atoms with Gasteiger partial charge in [0.15, 0.2) is 0 Å². The van der Waals surface area contributed by atoms with Gasteiger partial charge in [-0.3, -0.25) is 10.3 Å². The Morgan fingerprint density at radius 1 is 1.41 bits per heavy atom. The minimum absolute atomic E-state index is 0.127. The second-order valence-electron chi connectivity index (χ2n) is 5.59.